The summed E-state index contributed by atoms with van der Waals surface area (Å²) in [5.74, 6) is 0.228. The summed E-state index contributed by atoms with van der Waals surface area (Å²) in [4.78, 5) is 0.279. The number of nitrogens with one attached hydrogen (secondary N) is 1. The molecule has 1 aromatic carbocycles. The van der Waals surface area contributed by atoms with Gasteiger partial charge in [-0.05, 0) is 37.1 Å². The van der Waals surface area contributed by atoms with Crippen molar-refractivity contribution in [1.29, 1.82) is 0 Å². The number of benzene rings is 1. The molecule has 0 spiro atoms. The molecule has 5 heteroatoms. The topological polar surface area (TPSA) is 72.2 Å². The SMILES string of the molecule is CCC(N)C(C)c1ccc(S(=O)(=O)NC)cc1. The Morgan fingerprint density at radius 1 is 1.29 bits per heavy atom. The van der Waals surface area contributed by atoms with E-state index in [1.165, 1.54) is 7.05 Å². The number of hydrogen-bond acceptors (Lipinski definition) is 3. The summed E-state index contributed by atoms with van der Waals surface area (Å²) in [7, 11) is -1.95. The molecule has 0 saturated heterocycles. The van der Waals surface area contributed by atoms with Crippen molar-refractivity contribution in [1.82, 2.24) is 4.72 Å². The summed E-state index contributed by atoms with van der Waals surface area (Å²) in [5.41, 5.74) is 7.03. The molecule has 4 nitrogen and oxygen atoms in total. The van der Waals surface area contributed by atoms with Crippen LogP contribution >= 0.6 is 0 Å². The van der Waals surface area contributed by atoms with Gasteiger partial charge in [0.1, 0.15) is 0 Å². The molecule has 2 atom stereocenters. The Morgan fingerprint density at radius 3 is 2.24 bits per heavy atom. The van der Waals surface area contributed by atoms with Crippen molar-refractivity contribution in [2.24, 2.45) is 5.73 Å². The quantitative estimate of drug-likeness (QED) is 0.837. The standard InChI is InChI=1S/C12H20N2O2S/c1-4-12(13)9(2)10-5-7-11(8-6-10)17(15,16)14-3/h5-9,12,14H,4,13H2,1-3H3. The van der Waals surface area contributed by atoms with Crippen molar-refractivity contribution >= 4 is 10.0 Å². The first-order chi connectivity index (χ1) is 7.92. The minimum Gasteiger partial charge on any atom is -0.327 e. The van der Waals surface area contributed by atoms with E-state index in [-0.39, 0.29) is 16.9 Å². The largest absolute Gasteiger partial charge is 0.327 e. The molecule has 2 unspecified atom stereocenters. The smallest absolute Gasteiger partial charge is 0.240 e. The van der Waals surface area contributed by atoms with E-state index in [4.69, 9.17) is 5.73 Å². The van der Waals surface area contributed by atoms with E-state index < -0.39 is 10.0 Å². The third-order valence-corrected chi connectivity index (χ3v) is 4.53. The molecule has 0 radical (unpaired) electrons. The molecule has 0 amide bonds. The molecule has 96 valence electrons. The lowest BCUT2D eigenvalue weighted by Gasteiger charge is -2.18. The maximum atomic E-state index is 11.5. The molecule has 0 heterocycles. The summed E-state index contributed by atoms with van der Waals surface area (Å²) in [6.45, 7) is 4.09. The van der Waals surface area contributed by atoms with Crippen LogP contribution in [-0.4, -0.2) is 21.5 Å². The van der Waals surface area contributed by atoms with Crippen LogP contribution in [0.4, 0.5) is 0 Å². The minimum absolute atomic E-state index is 0.0988. The first kappa shape index (κ1) is 14.2. The van der Waals surface area contributed by atoms with Crippen molar-refractivity contribution in [3.8, 4) is 0 Å². The monoisotopic (exact) mass is 256 g/mol. The summed E-state index contributed by atoms with van der Waals surface area (Å²) < 4.78 is 25.4. The molecule has 0 aliphatic heterocycles. The van der Waals surface area contributed by atoms with Gasteiger partial charge in [0.15, 0.2) is 0 Å². The van der Waals surface area contributed by atoms with Crippen LogP contribution in [-0.2, 0) is 10.0 Å². The number of sulfonamides is 1. The zero-order valence-electron chi connectivity index (χ0n) is 10.5. The molecular weight excluding hydrogens is 236 g/mol. The Labute approximate surface area is 103 Å². The van der Waals surface area contributed by atoms with E-state index in [9.17, 15) is 8.42 Å². The van der Waals surface area contributed by atoms with Gasteiger partial charge in [-0.25, -0.2) is 13.1 Å². The fraction of sp³-hybridized carbons (Fsp3) is 0.500. The van der Waals surface area contributed by atoms with Crippen LogP contribution in [0, 0.1) is 0 Å². The third-order valence-electron chi connectivity index (χ3n) is 3.10. The van der Waals surface area contributed by atoms with Crippen LogP contribution in [0.15, 0.2) is 29.2 Å². The predicted molar refractivity (Wildman–Crippen MR) is 69.4 cm³/mol. The average molecular weight is 256 g/mol. The van der Waals surface area contributed by atoms with Gasteiger partial charge in [-0.3, -0.25) is 0 Å². The lowest BCUT2D eigenvalue weighted by molar-refractivity contribution is 0.551. The highest BCUT2D eigenvalue weighted by Gasteiger charge is 2.15. The van der Waals surface area contributed by atoms with Gasteiger partial charge in [0.2, 0.25) is 10.0 Å². The average Bonchev–Trinajstić information content (AvgIpc) is 2.37. The molecule has 1 aromatic rings. The Kier molecular flexibility index (Phi) is 4.68. The van der Waals surface area contributed by atoms with Gasteiger partial charge in [-0.1, -0.05) is 26.0 Å². The summed E-state index contributed by atoms with van der Waals surface area (Å²) in [5, 5.41) is 0. The van der Waals surface area contributed by atoms with E-state index in [1.54, 1.807) is 12.1 Å². The third kappa shape index (κ3) is 3.28. The number of hydrogen-bond donors (Lipinski definition) is 2. The van der Waals surface area contributed by atoms with E-state index in [1.807, 2.05) is 19.1 Å². The molecule has 3 N–H and O–H groups in total. The van der Waals surface area contributed by atoms with Crippen molar-refractivity contribution in [3.63, 3.8) is 0 Å². The Morgan fingerprint density at radius 2 is 1.82 bits per heavy atom. The summed E-state index contributed by atoms with van der Waals surface area (Å²) >= 11 is 0. The Balaban J connectivity index is 2.96. The van der Waals surface area contributed by atoms with Crippen molar-refractivity contribution in [3.05, 3.63) is 29.8 Å². The highest BCUT2D eigenvalue weighted by Crippen LogP contribution is 2.21. The maximum Gasteiger partial charge on any atom is 0.240 e. The molecule has 0 aromatic heterocycles. The molecular formula is C12H20N2O2S. The fourth-order valence-corrected chi connectivity index (χ4v) is 2.40. The van der Waals surface area contributed by atoms with Crippen molar-refractivity contribution in [2.45, 2.75) is 37.1 Å². The molecule has 0 fully saturated rings. The maximum absolute atomic E-state index is 11.5. The van der Waals surface area contributed by atoms with Crippen molar-refractivity contribution < 1.29 is 8.42 Å². The highest BCUT2D eigenvalue weighted by molar-refractivity contribution is 7.89. The fourth-order valence-electron chi connectivity index (χ4n) is 1.67. The van der Waals surface area contributed by atoms with E-state index in [0.29, 0.717) is 0 Å². The zero-order chi connectivity index (χ0) is 13.1. The predicted octanol–water partition coefficient (Wildman–Crippen LogP) is 1.44. The first-order valence-electron chi connectivity index (χ1n) is 5.71. The Bertz CT molecular complexity index is 454. The van der Waals surface area contributed by atoms with E-state index in [2.05, 4.69) is 11.6 Å². The zero-order valence-corrected chi connectivity index (χ0v) is 11.3. The van der Waals surface area contributed by atoms with Crippen molar-refractivity contribution in [2.75, 3.05) is 7.05 Å². The first-order valence-corrected chi connectivity index (χ1v) is 7.19. The van der Waals surface area contributed by atoms with Crippen LogP contribution in [0.1, 0.15) is 31.7 Å². The van der Waals surface area contributed by atoms with E-state index in [0.717, 1.165) is 12.0 Å². The highest BCUT2D eigenvalue weighted by atomic mass is 32.2. The van der Waals surface area contributed by atoms with Gasteiger partial charge in [-0.15, -0.1) is 0 Å². The van der Waals surface area contributed by atoms with Gasteiger partial charge in [-0.2, -0.15) is 0 Å². The van der Waals surface area contributed by atoms with Crippen LogP contribution in [0.2, 0.25) is 0 Å². The number of rotatable bonds is 5. The van der Waals surface area contributed by atoms with E-state index >= 15 is 0 Å². The second-order valence-electron chi connectivity index (χ2n) is 4.14. The molecule has 17 heavy (non-hydrogen) atoms. The number of nitrogens with two attached hydrogens (primary N) is 1. The van der Waals surface area contributed by atoms with Crippen LogP contribution in [0.25, 0.3) is 0 Å². The molecule has 0 aliphatic rings. The lowest BCUT2D eigenvalue weighted by Crippen LogP contribution is -2.25. The van der Waals surface area contributed by atoms with Crippen LogP contribution in [0.3, 0.4) is 0 Å². The van der Waals surface area contributed by atoms with Gasteiger partial charge in [0, 0.05) is 6.04 Å². The normalized spacial score (nSPS) is 15.5. The lowest BCUT2D eigenvalue weighted by atomic mass is 9.92. The Hall–Kier alpha value is -0.910. The van der Waals surface area contributed by atoms with Gasteiger partial charge >= 0.3 is 0 Å². The summed E-state index contributed by atoms with van der Waals surface area (Å²) in [6.07, 6.45) is 0.901. The second kappa shape index (κ2) is 5.62. The molecule has 0 bridgehead atoms. The summed E-state index contributed by atoms with van der Waals surface area (Å²) in [6, 6.07) is 6.97. The van der Waals surface area contributed by atoms with Gasteiger partial charge in [0.25, 0.3) is 0 Å². The van der Waals surface area contributed by atoms with Gasteiger partial charge < -0.3 is 5.73 Å². The van der Waals surface area contributed by atoms with Gasteiger partial charge in [0.05, 0.1) is 4.90 Å². The molecule has 0 aliphatic carbocycles. The molecule has 0 saturated carbocycles. The van der Waals surface area contributed by atoms with Crippen LogP contribution < -0.4 is 10.5 Å². The molecule has 1 rings (SSSR count). The minimum atomic E-state index is -3.35. The second-order valence-corrected chi connectivity index (χ2v) is 6.02. The van der Waals surface area contributed by atoms with Crippen LogP contribution in [0.5, 0.6) is 0 Å².